The number of primary amides is 1. The third kappa shape index (κ3) is 3.52. The van der Waals surface area contributed by atoms with Crippen molar-refractivity contribution in [2.24, 2.45) is 11.7 Å². The zero-order chi connectivity index (χ0) is 20.8. The molecule has 0 aliphatic heterocycles. The van der Waals surface area contributed by atoms with Crippen molar-refractivity contribution in [3.63, 3.8) is 0 Å². The maximum atomic E-state index is 12.7. The summed E-state index contributed by atoms with van der Waals surface area (Å²) >= 11 is 4.67. The Balaban J connectivity index is 1.34. The van der Waals surface area contributed by atoms with Crippen molar-refractivity contribution in [3.05, 3.63) is 32.8 Å². The van der Waals surface area contributed by atoms with E-state index in [-0.39, 0.29) is 11.7 Å². The number of carbonyl (C=O) groups is 2. The van der Waals surface area contributed by atoms with Crippen LogP contribution in [0, 0.1) is 5.92 Å². The van der Waals surface area contributed by atoms with Crippen LogP contribution in [0.2, 0.25) is 0 Å². The highest BCUT2D eigenvalue weighted by molar-refractivity contribution is 8.00. The molecule has 0 fully saturated rings. The van der Waals surface area contributed by atoms with Crippen molar-refractivity contribution in [1.82, 2.24) is 9.97 Å². The molecule has 3 N–H and O–H groups in total. The van der Waals surface area contributed by atoms with Crippen LogP contribution in [0.5, 0.6) is 0 Å². The summed E-state index contributed by atoms with van der Waals surface area (Å²) in [5.74, 6) is 0.209. The Labute approximate surface area is 186 Å². The quantitative estimate of drug-likeness (QED) is 0.441. The maximum absolute atomic E-state index is 12.7. The largest absolute Gasteiger partial charge is 0.365 e. The second-order valence-electron chi connectivity index (χ2n) is 7.97. The van der Waals surface area contributed by atoms with E-state index in [4.69, 9.17) is 5.73 Å². The van der Waals surface area contributed by atoms with Gasteiger partial charge in [0, 0.05) is 15.1 Å². The molecule has 9 heteroatoms. The van der Waals surface area contributed by atoms with E-state index < -0.39 is 5.91 Å². The molecule has 1 atom stereocenters. The van der Waals surface area contributed by atoms with Crippen molar-refractivity contribution in [2.75, 3.05) is 11.1 Å². The number of nitrogens with two attached hydrogens (primary N) is 1. The van der Waals surface area contributed by atoms with Crippen LogP contribution >= 0.6 is 34.4 Å². The number of nitrogens with one attached hydrogen (secondary N) is 1. The molecule has 2 amide bonds. The van der Waals surface area contributed by atoms with E-state index in [2.05, 4.69) is 22.2 Å². The van der Waals surface area contributed by atoms with Crippen LogP contribution in [-0.2, 0) is 30.5 Å². The Morgan fingerprint density at radius 2 is 2.07 bits per heavy atom. The van der Waals surface area contributed by atoms with Crippen LogP contribution in [0.1, 0.15) is 51.0 Å². The van der Waals surface area contributed by atoms with Gasteiger partial charge in [0.15, 0.2) is 0 Å². The van der Waals surface area contributed by atoms with Crippen LogP contribution in [0.25, 0.3) is 10.2 Å². The second kappa shape index (κ2) is 7.94. The number of nitrogens with zero attached hydrogens (tertiary/aromatic N) is 2. The standard InChI is InChI=1S/C21H22N4O2S3/c1-10-5-6-12-14(7-10)30-21(16(12)18(22)27)25-15(26)8-28-19-17-11-3-2-4-13(11)29-20(17)24-9-23-19/h9-10H,2-8H2,1H3,(H2,22,27)(H,25,26)/t10-/m1/s1. The van der Waals surface area contributed by atoms with Crippen LogP contribution in [0.4, 0.5) is 5.00 Å². The van der Waals surface area contributed by atoms with Gasteiger partial charge in [0.2, 0.25) is 5.91 Å². The van der Waals surface area contributed by atoms with Gasteiger partial charge in [0.1, 0.15) is 21.2 Å². The first-order valence-electron chi connectivity index (χ1n) is 10.1. The van der Waals surface area contributed by atoms with E-state index in [1.807, 2.05) is 0 Å². The third-order valence-corrected chi connectivity index (χ3v) is 9.18. The van der Waals surface area contributed by atoms with Crippen molar-refractivity contribution >= 4 is 61.5 Å². The van der Waals surface area contributed by atoms with Gasteiger partial charge in [-0.2, -0.15) is 0 Å². The summed E-state index contributed by atoms with van der Waals surface area (Å²) in [4.78, 5) is 37.3. The van der Waals surface area contributed by atoms with E-state index in [9.17, 15) is 9.59 Å². The smallest absolute Gasteiger partial charge is 0.251 e. The maximum Gasteiger partial charge on any atom is 0.251 e. The van der Waals surface area contributed by atoms with Crippen LogP contribution in [0.15, 0.2) is 11.4 Å². The number of hydrogen-bond donors (Lipinski definition) is 2. The van der Waals surface area contributed by atoms with E-state index in [0.29, 0.717) is 16.5 Å². The number of carbonyl (C=O) groups excluding carboxylic acids is 2. The van der Waals surface area contributed by atoms with Crippen LogP contribution in [0.3, 0.4) is 0 Å². The fraction of sp³-hybridized carbons (Fsp3) is 0.429. The van der Waals surface area contributed by atoms with Gasteiger partial charge in [-0.05, 0) is 55.6 Å². The van der Waals surface area contributed by atoms with Gasteiger partial charge in [-0.25, -0.2) is 9.97 Å². The van der Waals surface area contributed by atoms with Crippen LogP contribution in [-0.4, -0.2) is 27.5 Å². The summed E-state index contributed by atoms with van der Waals surface area (Å²) in [6.07, 6.45) is 7.75. The number of thioether (sulfide) groups is 1. The fourth-order valence-electron chi connectivity index (χ4n) is 4.41. The molecule has 3 aromatic heterocycles. The first kappa shape index (κ1) is 20.0. The molecule has 0 saturated carbocycles. The second-order valence-corrected chi connectivity index (χ2v) is 11.1. The highest BCUT2D eigenvalue weighted by atomic mass is 32.2. The number of hydrogen-bond acceptors (Lipinski definition) is 7. The summed E-state index contributed by atoms with van der Waals surface area (Å²) in [5, 5.41) is 5.52. The van der Waals surface area contributed by atoms with E-state index in [1.165, 1.54) is 44.8 Å². The minimum absolute atomic E-state index is 0.146. The Morgan fingerprint density at radius 3 is 2.90 bits per heavy atom. The summed E-state index contributed by atoms with van der Waals surface area (Å²) in [6, 6.07) is 0. The van der Waals surface area contributed by atoms with E-state index in [0.717, 1.165) is 52.9 Å². The number of amides is 2. The Kier molecular flexibility index (Phi) is 5.28. The lowest BCUT2D eigenvalue weighted by Crippen LogP contribution is -2.20. The lowest BCUT2D eigenvalue weighted by Gasteiger charge is -2.18. The highest BCUT2D eigenvalue weighted by Gasteiger charge is 2.27. The third-order valence-electron chi connectivity index (χ3n) is 5.82. The van der Waals surface area contributed by atoms with Crippen LogP contribution < -0.4 is 11.1 Å². The Bertz CT molecular complexity index is 1170. The predicted octanol–water partition coefficient (Wildman–Crippen LogP) is 4.20. The molecule has 2 aliphatic carbocycles. The molecule has 30 heavy (non-hydrogen) atoms. The molecule has 0 spiro atoms. The van der Waals surface area contributed by atoms with E-state index in [1.54, 1.807) is 17.7 Å². The zero-order valence-electron chi connectivity index (χ0n) is 16.6. The molecule has 3 aromatic rings. The highest BCUT2D eigenvalue weighted by Crippen LogP contribution is 2.41. The topological polar surface area (TPSA) is 98.0 Å². The minimum Gasteiger partial charge on any atom is -0.365 e. The molecule has 6 nitrogen and oxygen atoms in total. The first-order chi connectivity index (χ1) is 14.5. The molecule has 5 rings (SSSR count). The molecule has 0 unspecified atom stereocenters. The van der Waals surface area contributed by atoms with Gasteiger partial charge in [0.25, 0.3) is 5.91 Å². The SMILES string of the molecule is C[C@@H]1CCc2c(sc(NC(=O)CSc3ncnc4sc5c(c34)CCC5)c2C(N)=O)C1. The number of rotatable bonds is 5. The summed E-state index contributed by atoms with van der Waals surface area (Å²) < 4.78 is 0. The molecule has 156 valence electrons. The summed E-state index contributed by atoms with van der Waals surface area (Å²) in [6.45, 7) is 2.21. The summed E-state index contributed by atoms with van der Waals surface area (Å²) in [5.41, 5.74) is 8.54. The molecular weight excluding hydrogens is 436 g/mol. The minimum atomic E-state index is -0.462. The van der Waals surface area contributed by atoms with Gasteiger partial charge in [-0.1, -0.05) is 18.7 Å². The van der Waals surface area contributed by atoms with Crippen molar-refractivity contribution in [2.45, 2.75) is 50.5 Å². The molecular formula is C21H22N4O2S3. The monoisotopic (exact) mass is 458 g/mol. The Morgan fingerprint density at radius 1 is 1.20 bits per heavy atom. The number of aromatic nitrogens is 2. The molecule has 0 saturated heterocycles. The average molecular weight is 459 g/mol. The molecule has 0 radical (unpaired) electrons. The normalized spacial score (nSPS) is 17.7. The number of thiophene rings is 2. The van der Waals surface area contributed by atoms with Crippen molar-refractivity contribution < 1.29 is 9.59 Å². The Hall–Kier alpha value is -1.97. The summed E-state index contributed by atoms with van der Waals surface area (Å²) in [7, 11) is 0. The van der Waals surface area contributed by atoms with Gasteiger partial charge in [-0.3, -0.25) is 9.59 Å². The predicted molar refractivity (Wildman–Crippen MR) is 123 cm³/mol. The van der Waals surface area contributed by atoms with Crippen molar-refractivity contribution in [3.8, 4) is 0 Å². The van der Waals surface area contributed by atoms with Gasteiger partial charge in [0.05, 0.1) is 11.3 Å². The number of fused-ring (bicyclic) bond motifs is 4. The van der Waals surface area contributed by atoms with Gasteiger partial charge in [-0.15, -0.1) is 22.7 Å². The van der Waals surface area contributed by atoms with Crippen molar-refractivity contribution in [1.29, 1.82) is 0 Å². The van der Waals surface area contributed by atoms with Gasteiger partial charge >= 0.3 is 0 Å². The number of anilines is 1. The molecule has 3 heterocycles. The average Bonchev–Trinajstić information content (AvgIpc) is 3.38. The number of aryl methyl sites for hydroxylation is 2. The molecule has 0 bridgehead atoms. The molecule has 2 aliphatic rings. The van der Waals surface area contributed by atoms with Gasteiger partial charge < -0.3 is 11.1 Å². The zero-order valence-corrected chi connectivity index (χ0v) is 19.1. The van der Waals surface area contributed by atoms with E-state index >= 15 is 0 Å². The first-order valence-corrected chi connectivity index (χ1v) is 12.8. The molecule has 0 aromatic carbocycles. The lowest BCUT2D eigenvalue weighted by molar-refractivity contribution is -0.113. The lowest BCUT2D eigenvalue weighted by atomic mass is 9.88. The fourth-order valence-corrected chi connectivity index (χ4v) is 7.96.